The molecule has 0 fully saturated rings. The van der Waals surface area contributed by atoms with Gasteiger partial charge in [-0.1, -0.05) is 30.0 Å². The average Bonchev–Trinajstić information content (AvgIpc) is 3.12. The summed E-state index contributed by atoms with van der Waals surface area (Å²) in [5, 5.41) is 10.1. The number of nitrogens with zero attached hydrogens (tertiary/aromatic N) is 3. The summed E-state index contributed by atoms with van der Waals surface area (Å²) in [6.45, 7) is 1.91. The van der Waals surface area contributed by atoms with E-state index in [9.17, 15) is 9.59 Å². The van der Waals surface area contributed by atoms with Crippen molar-refractivity contribution in [3.8, 4) is 0 Å². The van der Waals surface area contributed by atoms with Crippen molar-refractivity contribution in [2.24, 2.45) is 5.10 Å². The fraction of sp³-hybridized carbons (Fsp3) is 0.200. The van der Waals surface area contributed by atoms with E-state index in [1.54, 1.807) is 12.1 Å². The first kappa shape index (κ1) is 15.7. The number of rotatable bonds is 4. The molecule has 1 aliphatic rings. The number of benzene rings is 1. The summed E-state index contributed by atoms with van der Waals surface area (Å²) in [7, 11) is 0. The van der Waals surface area contributed by atoms with E-state index in [1.807, 2.05) is 30.5 Å². The number of aryl methyl sites for hydroxylation is 1. The molecule has 0 saturated carbocycles. The van der Waals surface area contributed by atoms with Crippen molar-refractivity contribution < 1.29 is 9.59 Å². The number of carbonyl (C=O) groups excluding carboxylic acids is 2. The van der Waals surface area contributed by atoms with Crippen molar-refractivity contribution in [1.29, 1.82) is 0 Å². The third-order valence-electron chi connectivity index (χ3n) is 2.98. The van der Waals surface area contributed by atoms with Gasteiger partial charge in [-0.3, -0.25) is 9.59 Å². The number of nitrogens with one attached hydrogen (secondary N) is 1. The molecule has 0 bridgehead atoms. The number of amides is 2. The van der Waals surface area contributed by atoms with Crippen LogP contribution in [-0.4, -0.2) is 28.4 Å². The van der Waals surface area contributed by atoms with Crippen molar-refractivity contribution in [3.05, 3.63) is 41.4 Å². The van der Waals surface area contributed by atoms with E-state index < -0.39 is 0 Å². The summed E-state index contributed by atoms with van der Waals surface area (Å²) in [5.74, 6) is 0.268. The lowest BCUT2D eigenvalue weighted by Gasteiger charge is -2.10. The SMILES string of the molecule is Cc1csc(SCC(=O)NC2=NN(c3ccccc3)C(=O)C2)n1. The molecule has 23 heavy (non-hydrogen) atoms. The Morgan fingerprint density at radius 1 is 1.39 bits per heavy atom. The Balaban J connectivity index is 1.57. The molecule has 1 aromatic heterocycles. The van der Waals surface area contributed by atoms with Crippen molar-refractivity contribution in [1.82, 2.24) is 10.3 Å². The van der Waals surface area contributed by atoms with Crippen LogP contribution in [0, 0.1) is 6.92 Å². The van der Waals surface area contributed by atoms with Crippen molar-refractivity contribution >= 4 is 46.4 Å². The molecule has 1 aromatic carbocycles. The minimum atomic E-state index is -0.190. The normalized spacial score (nSPS) is 14.0. The smallest absolute Gasteiger partial charge is 0.255 e. The number of aromatic nitrogens is 1. The van der Waals surface area contributed by atoms with E-state index >= 15 is 0 Å². The topological polar surface area (TPSA) is 74.7 Å². The van der Waals surface area contributed by atoms with Crippen LogP contribution in [0.15, 0.2) is 45.2 Å². The van der Waals surface area contributed by atoms with E-state index in [-0.39, 0.29) is 24.0 Å². The molecule has 8 heteroatoms. The van der Waals surface area contributed by atoms with Gasteiger partial charge in [-0.15, -0.1) is 11.3 Å². The Kier molecular flexibility index (Phi) is 4.73. The summed E-state index contributed by atoms with van der Waals surface area (Å²) in [6.07, 6.45) is 0.0989. The number of hydrazone groups is 1. The quantitative estimate of drug-likeness (QED) is 0.863. The highest BCUT2D eigenvalue weighted by Crippen LogP contribution is 2.22. The Labute approximate surface area is 141 Å². The van der Waals surface area contributed by atoms with Crippen LogP contribution in [0.4, 0.5) is 5.69 Å². The lowest BCUT2D eigenvalue weighted by molar-refractivity contribution is -0.117. The zero-order valence-electron chi connectivity index (χ0n) is 12.4. The molecule has 2 amide bonds. The molecule has 2 heterocycles. The van der Waals surface area contributed by atoms with Crippen LogP contribution in [0.2, 0.25) is 0 Å². The number of anilines is 1. The largest absolute Gasteiger partial charge is 0.312 e. The summed E-state index contributed by atoms with van der Waals surface area (Å²) in [5.41, 5.74) is 1.64. The number of amidine groups is 1. The van der Waals surface area contributed by atoms with Gasteiger partial charge in [0, 0.05) is 11.1 Å². The minimum absolute atomic E-state index is 0.0989. The summed E-state index contributed by atoms with van der Waals surface area (Å²) < 4.78 is 0.855. The first-order valence-electron chi connectivity index (χ1n) is 6.92. The second-order valence-electron chi connectivity index (χ2n) is 4.86. The Bertz CT molecular complexity index is 758. The maximum atomic E-state index is 12.0. The average molecular weight is 346 g/mol. The molecule has 0 aliphatic carbocycles. The molecule has 6 nitrogen and oxygen atoms in total. The second kappa shape index (κ2) is 6.93. The zero-order chi connectivity index (χ0) is 16.2. The van der Waals surface area contributed by atoms with E-state index in [0.717, 1.165) is 10.0 Å². The third-order valence-corrected chi connectivity index (χ3v) is 5.12. The van der Waals surface area contributed by atoms with E-state index in [2.05, 4.69) is 15.4 Å². The van der Waals surface area contributed by atoms with Crippen LogP contribution in [0.1, 0.15) is 12.1 Å². The predicted octanol–water partition coefficient (Wildman–Crippen LogP) is 2.41. The Hall–Kier alpha value is -2.19. The minimum Gasteiger partial charge on any atom is -0.312 e. The second-order valence-corrected chi connectivity index (χ2v) is 6.94. The lowest BCUT2D eigenvalue weighted by Crippen LogP contribution is -2.31. The first-order valence-corrected chi connectivity index (χ1v) is 8.78. The van der Waals surface area contributed by atoms with Gasteiger partial charge in [-0.25, -0.2) is 4.98 Å². The molecule has 0 atom stereocenters. The third kappa shape index (κ3) is 3.96. The maximum Gasteiger partial charge on any atom is 0.255 e. The molecule has 2 aromatic rings. The van der Waals surface area contributed by atoms with Gasteiger partial charge in [0.2, 0.25) is 5.91 Å². The number of hydrogen-bond acceptors (Lipinski definition) is 6. The monoisotopic (exact) mass is 346 g/mol. The fourth-order valence-electron chi connectivity index (χ4n) is 1.99. The van der Waals surface area contributed by atoms with Crippen LogP contribution < -0.4 is 10.3 Å². The van der Waals surface area contributed by atoms with Crippen molar-refractivity contribution in [3.63, 3.8) is 0 Å². The standard InChI is InChI=1S/C15H14N4O2S2/c1-10-8-22-15(16-10)23-9-13(20)17-12-7-14(21)19(18-12)11-5-3-2-4-6-11/h2-6,8H,7,9H2,1H3,(H,17,18,20). The summed E-state index contributed by atoms with van der Waals surface area (Å²) in [4.78, 5) is 28.2. The van der Waals surface area contributed by atoms with Gasteiger partial charge in [-0.2, -0.15) is 10.1 Å². The number of para-hydroxylation sites is 1. The van der Waals surface area contributed by atoms with E-state index in [0.29, 0.717) is 11.5 Å². The molecule has 0 saturated heterocycles. The van der Waals surface area contributed by atoms with Crippen LogP contribution in [-0.2, 0) is 9.59 Å². The van der Waals surface area contributed by atoms with Gasteiger partial charge in [0.05, 0.1) is 17.9 Å². The highest BCUT2D eigenvalue weighted by atomic mass is 32.2. The molecule has 1 N–H and O–H groups in total. The highest BCUT2D eigenvalue weighted by molar-refractivity contribution is 8.01. The van der Waals surface area contributed by atoms with Crippen LogP contribution in [0.5, 0.6) is 0 Å². The molecule has 0 radical (unpaired) electrons. The van der Waals surface area contributed by atoms with Gasteiger partial charge in [0.15, 0.2) is 4.34 Å². The molecular formula is C15H14N4O2S2. The predicted molar refractivity (Wildman–Crippen MR) is 91.7 cm³/mol. The lowest BCUT2D eigenvalue weighted by atomic mass is 10.3. The highest BCUT2D eigenvalue weighted by Gasteiger charge is 2.26. The number of hydrogen-bond donors (Lipinski definition) is 1. The summed E-state index contributed by atoms with van der Waals surface area (Å²) in [6, 6.07) is 9.14. The van der Waals surface area contributed by atoms with Crippen LogP contribution in [0.3, 0.4) is 0 Å². The number of thioether (sulfide) groups is 1. The van der Waals surface area contributed by atoms with Crippen molar-refractivity contribution in [2.45, 2.75) is 17.7 Å². The zero-order valence-corrected chi connectivity index (χ0v) is 14.0. The van der Waals surface area contributed by atoms with E-state index in [1.165, 1.54) is 28.1 Å². The Morgan fingerprint density at radius 3 is 2.87 bits per heavy atom. The Morgan fingerprint density at radius 2 is 2.17 bits per heavy atom. The molecule has 0 spiro atoms. The molecule has 1 aliphatic heterocycles. The van der Waals surface area contributed by atoms with Crippen LogP contribution >= 0.6 is 23.1 Å². The van der Waals surface area contributed by atoms with Gasteiger partial charge in [0.25, 0.3) is 5.91 Å². The fourth-order valence-corrected chi connectivity index (χ4v) is 3.64. The number of carbonyl (C=O) groups is 2. The van der Waals surface area contributed by atoms with Gasteiger partial charge in [0.1, 0.15) is 5.84 Å². The first-order chi connectivity index (χ1) is 11.1. The molecule has 118 valence electrons. The van der Waals surface area contributed by atoms with Gasteiger partial charge >= 0.3 is 0 Å². The molecular weight excluding hydrogens is 332 g/mol. The van der Waals surface area contributed by atoms with Crippen molar-refractivity contribution in [2.75, 3.05) is 10.8 Å². The van der Waals surface area contributed by atoms with Gasteiger partial charge < -0.3 is 5.32 Å². The van der Waals surface area contributed by atoms with Crippen LogP contribution in [0.25, 0.3) is 0 Å². The molecule has 0 unspecified atom stereocenters. The molecule has 3 rings (SSSR count). The number of thiazole rings is 1. The summed E-state index contributed by atoms with van der Waals surface area (Å²) >= 11 is 2.88. The van der Waals surface area contributed by atoms with Gasteiger partial charge in [-0.05, 0) is 19.1 Å². The van der Waals surface area contributed by atoms with E-state index in [4.69, 9.17) is 0 Å². The maximum absolute atomic E-state index is 12.0.